The number of aliphatic hydroxyl groups excluding tert-OH is 1. The van der Waals surface area contributed by atoms with Gasteiger partial charge < -0.3 is 19.9 Å². The molecule has 6 heteroatoms. The number of rotatable bonds is 6. The van der Waals surface area contributed by atoms with Crippen molar-refractivity contribution in [3.05, 3.63) is 29.8 Å². The van der Waals surface area contributed by atoms with Gasteiger partial charge >= 0.3 is 0 Å². The molecule has 1 saturated heterocycles. The highest BCUT2D eigenvalue weighted by Crippen LogP contribution is 2.52. The van der Waals surface area contributed by atoms with Gasteiger partial charge in [-0.25, -0.2) is 8.78 Å². The summed E-state index contributed by atoms with van der Waals surface area (Å²) in [6, 6.07) is 3.64. The van der Waals surface area contributed by atoms with Crippen molar-refractivity contribution in [2.75, 3.05) is 19.8 Å². The Kier molecular flexibility index (Phi) is 4.58. The summed E-state index contributed by atoms with van der Waals surface area (Å²) >= 11 is 0. The van der Waals surface area contributed by atoms with Crippen molar-refractivity contribution in [3.8, 4) is 5.75 Å². The largest absolute Gasteiger partial charge is 0.491 e. The lowest BCUT2D eigenvalue weighted by molar-refractivity contribution is -0.114. The lowest BCUT2D eigenvalue weighted by atomic mass is 9.57. The van der Waals surface area contributed by atoms with Crippen LogP contribution in [-0.4, -0.2) is 43.1 Å². The third-order valence-corrected chi connectivity index (χ3v) is 5.01. The summed E-state index contributed by atoms with van der Waals surface area (Å²) in [7, 11) is 0. The molecule has 128 valence electrons. The first kappa shape index (κ1) is 16.6. The summed E-state index contributed by atoms with van der Waals surface area (Å²) in [5, 5.41) is 13.4. The smallest absolute Gasteiger partial charge is 0.162 e. The van der Waals surface area contributed by atoms with E-state index in [1.54, 1.807) is 0 Å². The summed E-state index contributed by atoms with van der Waals surface area (Å²) in [4.78, 5) is 0. The molecule has 4 unspecified atom stereocenters. The molecule has 1 aliphatic heterocycles. The Morgan fingerprint density at radius 2 is 2.17 bits per heavy atom. The van der Waals surface area contributed by atoms with E-state index in [1.807, 2.05) is 0 Å². The Bertz CT molecular complexity index is 567. The van der Waals surface area contributed by atoms with Crippen molar-refractivity contribution < 1.29 is 23.4 Å². The fraction of sp³-hybridized carbons (Fsp3) is 0.647. The second-order valence-electron chi connectivity index (χ2n) is 6.99. The second kappa shape index (κ2) is 6.34. The molecule has 0 radical (unpaired) electrons. The third-order valence-electron chi connectivity index (χ3n) is 5.01. The second-order valence-corrected chi connectivity index (χ2v) is 6.99. The number of nitrogens with one attached hydrogen (secondary N) is 1. The molecule has 3 rings (SSSR count). The summed E-state index contributed by atoms with van der Waals surface area (Å²) in [5.74, 6) is -1.17. The van der Waals surface area contributed by atoms with Crippen LogP contribution < -0.4 is 10.1 Å². The minimum atomic E-state index is -0.960. The van der Waals surface area contributed by atoms with Gasteiger partial charge in [-0.1, -0.05) is 13.8 Å². The Morgan fingerprint density at radius 1 is 1.39 bits per heavy atom. The summed E-state index contributed by atoms with van der Waals surface area (Å²) < 4.78 is 37.0. The molecule has 0 aromatic heterocycles. The van der Waals surface area contributed by atoms with Crippen LogP contribution in [0.3, 0.4) is 0 Å². The fourth-order valence-corrected chi connectivity index (χ4v) is 3.82. The van der Waals surface area contributed by atoms with Crippen LogP contribution in [0.15, 0.2) is 18.2 Å². The van der Waals surface area contributed by atoms with Gasteiger partial charge in [0.15, 0.2) is 11.6 Å². The van der Waals surface area contributed by atoms with Crippen molar-refractivity contribution in [1.82, 2.24) is 5.32 Å². The van der Waals surface area contributed by atoms with Crippen LogP contribution in [0.1, 0.15) is 20.3 Å². The first-order chi connectivity index (χ1) is 10.9. The Morgan fingerprint density at radius 3 is 2.91 bits per heavy atom. The number of ether oxygens (including phenoxy) is 2. The van der Waals surface area contributed by atoms with Crippen molar-refractivity contribution in [2.45, 2.75) is 38.5 Å². The van der Waals surface area contributed by atoms with Gasteiger partial charge in [0.05, 0.1) is 6.10 Å². The van der Waals surface area contributed by atoms with E-state index in [2.05, 4.69) is 19.2 Å². The van der Waals surface area contributed by atoms with E-state index in [1.165, 1.54) is 6.07 Å². The van der Waals surface area contributed by atoms with E-state index in [4.69, 9.17) is 9.47 Å². The van der Waals surface area contributed by atoms with Crippen LogP contribution in [0.25, 0.3) is 0 Å². The topological polar surface area (TPSA) is 50.7 Å². The van der Waals surface area contributed by atoms with Gasteiger partial charge in [-0.05, 0) is 18.6 Å². The maximum Gasteiger partial charge on any atom is 0.162 e. The van der Waals surface area contributed by atoms with Crippen molar-refractivity contribution in [1.29, 1.82) is 0 Å². The Labute approximate surface area is 134 Å². The summed E-state index contributed by atoms with van der Waals surface area (Å²) in [6.45, 7) is 5.55. The lowest BCUT2D eigenvalue weighted by Crippen LogP contribution is -2.66. The molecule has 1 aromatic carbocycles. The zero-order valence-corrected chi connectivity index (χ0v) is 13.4. The number of halogens is 2. The van der Waals surface area contributed by atoms with E-state index < -0.39 is 17.7 Å². The van der Waals surface area contributed by atoms with E-state index in [0.717, 1.165) is 25.2 Å². The standard InChI is InChI=1S/C17H23F2NO3/c1-17(2)15(12-5-6-22-16(12)17)20-8-10(21)9-23-11-3-4-13(18)14(19)7-11/h3-4,7,10,12,15-16,20-21H,5-6,8-9H2,1-2H3. The summed E-state index contributed by atoms with van der Waals surface area (Å²) in [5.41, 5.74) is 0.0574. The fourth-order valence-electron chi connectivity index (χ4n) is 3.82. The molecule has 1 heterocycles. The molecule has 4 atom stereocenters. The first-order valence-electron chi connectivity index (χ1n) is 8.00. The molecule has 2 fully saturated rings. The van der Waals surface area contributed by atoms with Crippen LogP contribution in [0, 0.1) is 23.0 Å². The third kappa shape index (κ3) is 3.20. The van der Waals surface area contributed by atoms with Gasteiger partial charge in [0, 0.05) is 36.6 Å². The average molecular weight is 327 g/mol. The van der Waals surface area contributed by atoms with Crippen LogP contribution in [-0.2, 0) is 4.74 Å². The highest BCUT2D eigenvalue weighted by molar-refractivity contribution is 5.23. The predicted octanol–water partition coefficient (Wildman–Crippen LogP) is 2.11. The molecule has 1 aromatic rings. The zero-order valence-electron chi connectivity index (χ0n) is 13.4. The highest BCUT2D eigenvalue weighted by atomic mass is 19.2. The maximum absolute atomic E-state index is 13.1. The van der Waals surface area contributed by atoms with E-state index in [0.29, 0.717) is 24.6 Å². The molecule has 2 N–H and O–H groups in total. The molecular formula is C17H23F2NO3. The van der Waals surface area contributed by atoms with Gasteiger partial charge in [0.25, 0.3) is 0 Å². The van der Waals surface area contributed by atoms with E-state index >= 15 is 0 Å². The predicted molar refractivity (Wildman–Crippen MR) is 81.3 cm³/mol. The van der Waals surface area contributed by atoms with Crippen molar-refractivity contribution in [2.24, 2.45) is 11.3 Å². The molecule has 1 aliphatic carbocycles. The number of aliphatic hydroxyl groups is 1. The minimum absolute atomic E-state index is 0.0236. The molecule has 4 nitrogen and oxygen atoms in total. The number of benzene rings is 1. The summed E-state index contributed by atoms with van der Waals surface area (Å²) in [6.07, 6.45) is 0.628. The normalized spacial score (nSPS) is 29.7. The van der Waals surface area contributed by atoms with E-state index in [9.17, 15) is 13.9 Å². The quantitative estimate of drug-likeness (QED) is 0.840. The SMILES string of the molecule is CC1(C)C(NCC(O)COc2ccc(F)c(F)c2)C2CCOC21. The molecule has 2 aliphatic rings. The zero-order chi connectivity index (χ0) is 16.6. The van der Waals surface area contributed by atoms with E-state index in [-0.39, 0.29) is 17.8 Å². The molecular weight excluding hydrogens is 304 g/mol. The van der Waals surface area contributed by atoms with Crippen molar-refractivity contribution in [3.63, 3.8) is 0 Å². The Balaban J connectivity index is 1.45. The van der Waals surface area contributed by atoms with Crippen LogP contribution in [0.4, 0.5) is 8.78 Å². The Hall–Kier alpha value is -1.24. The van der Waals surface area contributed by atoms with Gasteiger partial charge in [-0.3, -0.25) is 0 Å². The van der Waals surface area contributed by atoms with Crippen LogP contribution in [0.5, 0.6) is 5.75 Å². The minimum Gasteiger partial charge on any atom is -0.491 e. The van der Waals surface area contributed by atoms with Gasteiger partial charge in [-0.2, -0.15) is 0 Å². The molecule has 0 bridgehead atoms. The van der Waals surface area contributed by atoms with Crippen LogP contribution in [0.2, 0.25) is 0 Å². The number of fused-ring (bicyclic) bond motifs is 1. The average Bonchev–Trinajstić information content (AvgIpc) is 2.95. The van der Waals surface area contributed by atoms with Gasteiger partial charge in [0.1, 0.15) is 18.5 Å². The molecule has 23 heavy (non-hydrogen) atoms. The van der Waals surface area contributed by atoms with Crippen LogP contribution >= 0.6 is 0 Å². The van der Waals surface area contributed by atoms with Crippen molar-refractivity contribution >= 4 is 0 Å². The monoisotopic (exact) mass is 327 g/mol. The number of hydrogen-bond donors (Lipinski definition) is 2. The molecule has 1 saturated carbocycles. The first-order valence-corrected chi connectivity index (χ1v) is 8.00. The van der Waals surface area contributed by atoms with Gasteiger partial charge in [0.2, 0.25) is 0 Å². The maximum atomic E-state index is 13.1. The number of hydrogen-bond acceptors (Lipinski definition) is 4. The lowest BCUT2D eigenvalue weighted by Gasteiger charge is -2.55. The highest BCUT2D eigenvalue weighted by Gasteiger charge is 2.58. The molecule has 0 spiro atoms. The molecule has 0 amide bonds. The van der Waals surface area contributed by atoms with Gasteiger partial charge in [-0.15, -0.1) is 0 Å².